The number of aryl methyl sites for hydroxylation is 1. The van der Waals surface area contributed by atoms with Gasteiger partial charge in [0.25, 0.3) is 0 Å². The van der Waals surface area contributed by atoms with Crippen molar-refractivity contribution in [1.82, 2.24) is 4.57 Å². The van der Waals surface area contributed by atoms with E-state index in [0.29, 0.717) is 11.1 Å². The summed E-state index contributed by atoms with van der Waals surface area (Å²) in [5.41, 5.74) is 6.83. The van der Waals surface area contributed by atoms with Crippen molar-refractivity contribution in [3.8, 4) is 0 Å². The average molecular weight is 236 g/mol. The number of oxazole rings is 1. The molecule has 17 heavy (non-hydrogen) atoms. The van der Waals surface area contributed by atoms with Crippen molar-refractivity contribution in [3.63, 3.8) is 0 Å². The van der Waals surface area contributed by atoms with Crippen LogP contribution in [0.5, 0.6) is 0 Å². The highest BCUT2D eigenvalue weighted by Crippen LogP contribution is 2.25. The molecule has 0 radical (unpaired) electrons. The summed E-state index contributed by atoms with van der Waals surface area (Å²) in [7, 11) is 1.64. The predicted octanol–water partition coefficient (Wildman–Crippen LogP) is 0.902. The molecule has 0 bridgehead atoms. The molecule has 0 aliphatic rings. The highest BCUT2D eigenvalue weighted by Gasteiger charge is 2.25. The molecule has 5 heteroatoms. The van der Waals surface area contributed by atoms with E-state index in [-0.39, 0.29) is 0 Å². The Balaban J connectivity index is 2.56. The van der Waals surface area contributed by atoms with Gasteiger partial charge in [0, 0.05) is 7.05 Å². The first kappa shape index (κ1) is 11.9. The van der Waals surface area contributed by atoms with E-state index < -0.39 is 17.4 Å². The summed E-state index contributed by atoms with van der Waals surface area (Å²) in [4.78, 5) is 11.3. The van der Waals surface area contributed by atoms with Crippen LogP contribution in [0, 0.1) is 0 Å². The zero-order chi connectivity index (χ0) is 12.8. The van der Waals surface area contributed by atoms with Gasteiger partial charge in [-0.1, -0.05) is 6.07 Å². The van der Waals surface area contributed by atoms with Crippen LogP contribution < -0.4 is 11.5 Å². The molecule has 1 heterocycles. The fourth-order valence-corrected chi connectivity index (χ4v) is 1.75. The number of aliphatic hydroxyl groups is 1. The van der Waals surface area contributed by atoms with Crippen LogP contribution in [0.15, 0.2) is 27.4 Å². The monoisotopic (exact) mass is 236 g/mol. The standard InChI is InChI=1S/C12H16N2O3/c1-12(2,16)10(13)7-4-5-8-9(6-7)17-11(15)14(8)3/h4-6,10,16H,13H2,1-3H3. The van der Waals surface area contributed by atoms with Crippen molar-refractivity contribution < 1.29 is 9.52 Å². The molecule has 1 atom stereocenters. The third-order valence-electron chi connectivity index (χ3n) is 2.94. The van der Waals surface area contributed by atoms with Crippen molar-refractivity contribution in [2.45, 2.75) is 25.5 Å². The predicted molar refractivity (Wildman–Crippen MR) is 64.7 cm³/mol. The number of nitrogens with zero attached hydrogens (tertiary/aromatic N) is 1. The molecule has 2 rings (SSSR count). The van der Waals surface area contributed by atoms with Crippen LogP contribution in [0.2, 0.25) is 0 Å². The zero-order valence-corrected chi connectivity index (χ0v) is 10.1. The summed E-state index contributed by atoms with van der Waals surface area (Å²) < 4.78 is 6.50. The molecule has 92 valence electrons. The van der Waals surface area contributed by atoms with Crippen molar-refractivity contribution in [2.24, 2.45) is 12.8 Å². The largest absolute Gasteiger partial charge is 0.419 e. The number of fused-ring (bicyclic) bond motifs is 1. The smallest absolute Gasteiger partial charge is 0.408 e. The first-order chi connectivity index (χ1) is 7.80. The summed E-state index contributed by atoms with van der Waals surface area (Å²) in [5, 5.41) is 9.85. The number of hydrogen-bond acceptors (Lipinski definition) is 4. The molecule has 5 nitrogen and oxygen atoms in total. The Morgan fingerprint density at radius 2 is 2.12 bits per heavy atom. The Bertz CT molecular complexity index is 604. The van der Waals surface area contributed by atoms with E-state index in [1.165, 1.54) is 4.57 Å². The fourth-order valence-electron chi connectivity index (χ4n) is 1.75. The first-order valence-corrected chi connectivity index (χ1v) is 5.38. The molecule has 2 aromatic rings. The van der Waals surface area contributed by atoms with Crippen LogP contribution in [-0.2, 0) is 7.05 Å². The van der Waals surface area contributed by atoms with Gasteiger partial charge in [0.1, 0.15) is 0 Å². The summed E-state index contributed by atoms with van der Waals surface area (Å²) >= 11 is 0. The van der Waals surface area contributed by atoms with Crippen LogP contribution in [0.25, 0.3) is 11.1 Å². The third kappa shape index (κ3) is 1.99. The average Bonchev–Trinajstić information content (AvgIpc) is 2.52. The third-order valence-corrected chi connectivity index (χ3v) is 2.94. The van der Waals surface area contributed by atoms with Crippen LogP contribution >= 0.6 is 0 Å². The molecule has 0 fully saturated rings. The molecular formula is C12H16N2O3. The SMILES string of the molecule is Cn1c(=O)oc2cc(C(N)C(C)(C)O)ccc21. The lowest BCUT2D eigenvalue weighted by Gasteiger charge is -2.25. The van der Waals surface area contributed by atoms with Gasteiger partial charge < -0.3 is 15.3 Å². The van der Waals surface area contributed by atoms with Crippen molar-refractivity contribution >= 4 is 11.1 Å². The summed E-state index contributed by atoms with van der Waals surface area (Å²) in [6, 6.07) is 4.72. The van der Waals surface area contributed by atoms with Gasteiger partial charge in [-0.2, -0.15) is 0 Å². The Kier molecular flexibility index (Phi) is 2.60. The minimum absolute atomic E-state index is 0.408. The summed E-state index contributed by atoms with van der Waals surface area (Å²) in [6.07, 6.45) is 0. The summed E-state index contributed by atoms with van der Waals surface area (Å²) in [6.45, 7) is 3.28. The van der Waals surface area contributed by atoms with Crippen molar-refractivity contribution in [3.05, 3.63) is 34.3 Å². The van der Waals surface area contributed by atoms with Crippen molar-refractivity contribution in [2.75, 3.05) is 0 Å². The summed E-state index contributed by atoms with van der Waals surface area (Å²) in [5.74, 6) is -0.408. The van der Waals surface area contributed by atoms with E-state index in [1.807, 2.05) is 0 Å². The van der Waals surface area contributed by atoms with Gasteiger partial charge in [-0.15, -0.1) is 0 Å². The molecule has 0 amide bonds. The van der Waals surface area contributed by atoms with E-state index in [4.69, 9.17) is 10.2 Å². The topological polar surface area (TPSA) is 81.4 Å². The Morgan fingerprint density at radius 3 is 2.71 bits per heavy atom. The van der Waals surface area contributed by atoms with Gasteiger partial charge in [0.2, 0.25) is 0 Å². The minimum atomic E-state index is -1.03. The quantitative estimate of drug-likeness (QED) is 0.811. The van der Waals surface area contributed by atoms with Crippen LogP contribution in [0.4, 0.5) is 0 Å². The highest BCUT2D eigenvalue weighted by atomic mass is 16.4. The van der Waals surface area contributed by atoms with E-state index in [2.05, 4.69) is 0 Å². The molecule has 0 spiro atoms. The van der Waals surface area contributed by atoms with Gasteiger partial charge in [-0.05, 0) is 31.5 Å². The number of rotatable bonds is 2. The van der Waals surface area contributed by atoms with Gasteiger partial charge >= 0.3 is 5.76 Å². The lowest BCUT2D eigenvalue weighted by molar-refractivity contribution is 0.0517. The van der Waals surface area contributed by atoms with Crippen LogP contribution in [-0.4, -0.2) is 15.3 Å². The zero-order valence-electron chi connectivity index (χ0n) is 10.1. The molecule has 0 saturated carbocycles. The molecule has 1 unspecified atom stereocenters. The molecule has 3 N–H and O–H groups in total. The maximum Gasteiger partial charge on any atom is 0.419 e. The van der Waals surface area contributed by atoms with E-state index in [0.717, 1.165) is 5.56 Å². The van der Waals surface area contributed by atoms with Gasteiger partial charge in [-0.3, -0.25) is 4.57 Å². The normalized spacial score (nSPS) is 14.2. The first-order valence-electron chi connectivity index (χ1n) is 5.38. The second-order valence-electron chi connectivity index (χ2n) is 4.79. The molecular weight excluding hydrogens is 220 g/mol. The molecule has 0 aliphatic carbocycles. The maximum atomic E-state index is 11.3. The van der Waals surface area contributed by atoms with E-state index >= 15 is 0 Å². The van der Waals surface area contributed by atoms with Crippen LogP contribution in [0.3, 0.4) is 0 Å². The van der Waals surface area contributed by atoms with E-state index in [9.17, 15) is 9.90 Å². The lowest BCUT2D eigenvalue weighted by atomic mass is 9.93. The Morgan fingerprint density at radius 1 is 1.47 bits per heavy atom. The lowest BCUT2D eigenvalue weighted by Crippen LogP contribution is -2.34. The second-order valence-corrected chi connectivity index (χ2v) is 4.79. The number of benzene rings is 1. The van der Waals surface area contributed by atoms with E-state index in [1.54, 1.807) is 39.1 Å². The fraction of sp³-hybridized carbons (Fsp3) is 0.417. The highest BCUT2D eigenvalue weighted by molar-refractivity contribution is 5.73. The number of nitrogens with two attached hydrogens (primary N) is 1. The van der Waals surface area contributed by atoms with Gasteiger partial charge in [-0.25, -0.2) is 4.79 Å². The molecule has 0 saturated heterocycles. The molecule has 1 aromatic carbocycles. The molecule has 1 aromatic heterocycles. The number of aromatic nitrogens is 1. The van der Waals surface area contributed by atoms with Gasteiger partial charge in [0.15, 0.2) is 5.58 Å². The van der Waals surface area contributed by atoms with Crippen molar-refractivity contribution in [1.29, 1.82) is 0 Å². The maximum absolute atomic E-state index is 11.3. The number of hydrogen-bond donors (Lipinski definition) is 2. The second kappa shape index (κ2) is 3.72. The minimum Gasteiger partial charge on any atom is -0.408 e. The molecule has 0 aliphatic heterocycles. The Labute approximate surface area is 98.5 Å². The van der Waals surface area contributed by atoms with Gasteiger partial charge in [0.05, 0.1) is 17.2 Å². The Hall–Kier alpha value is -1.59. The van der Waals surface area contributed by atoms with Crippen LogP contribution in [0.1, 0.15) is 25.5 Å².